The van der Waals surface area contributed by atoms with Crippen molar-refractivity contribution in [2.75, 3.05) is 33.8 Å². The van der Waals surface area contributed by atoms with E-state index in [1.165, 1.54) is 0 Å². The van der Waals surface area contributed by atoms with Crippen molar-refractivity contribution in [2.45, 2.75) is 0 Å². The first-order valence-electron chi connectivity index (χ1n) is 11.0. The van der Waals surface area contributed by atoms with Crippen molar-refractivity contribution < 1.29 is 18.9 Å². The molecule has 0 aliphatic rings. The number of para-hydroxylation sites is 1. The lowest BCUT2D eigenvalue weighted by Gasteiger charge is -2.15. The Morgan fingerprint density at radius 3 is 2.14 bits per heavy atom. The van der Waals surface area contributed by atoms with Crippen molar-refractivity contribution in [3.8, 4) is 40.2 Å². The van der Waals surface area contributed by atoms with E-state index < -0.39 is 0 Å². The summed E-state index contributed by atoms with van der Waals surface area (Å²) in [5.41, 5.74) is 3.56. The first-order chi connectivity index (χ1) is 17.6. The molecule has 0 atom stereocenters. The Balaban J connectivity index is 1.68. The van der Waals surface area contributed by atoms with Gasteiger partial charge in [0.05, 0.1) is 28.4 Å². The molecule has 0 fully saturated rings. The lowest BCUT2D eigenvalue weighted by molar-refractivity contribution is 0.324. The SMILES string of the molecule is COc1ccc(-c2nc(Nc3cc(OC)c(OC)c(OC)c3)c3ncn(-c4ccccc4)c3n2)cn1. The molecule has 3 aromatic heterocycles. The van der Waals surface area contributed by atoms with E-state index in [0.717, 1.165) is 11.3 Å². The Labute approximate surface area is 207 Å². The second-order valence-electron chi connectivity index (χ2n) is 7.65. The van der Waals surface area contributed by atoms with E-state index in [1.54, 1.807) is 59.2 Å². The number of anilines is 2. The van der Waals surface area contributed by atoms with E-state index in [4.69, 9.17) is 28.9 Å². The summed E-state index contributed by atoms with van der Waals surface area (Å²) in [6, 6.07) is 17.1. The number of benzene rings is 2. The van der Waals surface area contributed by atoms with Gasteiger partial charge in [-0.25, -0.2) is 19.9 Å². The number of aromatic nitrogens is 5. The lowest BCUT2D eigenvalue weighted by Crippen LogP contribution is -2.03. The van der Waals surface area contributed by atoms with E-state index >= 15 is 0 Å². The summed E-state index contributed by atoms with van der Waals surface area (Å²) < 4.78 is 23.6. The molecule has 3 heterocycles. The standard InChI is InChI=1S/C26H24N6O4/c1-33-19-12-17(13-20(34-2)23(19)36-4)29-25-22-26(32(15-28-22)18-8-6-5-7-9-18)31-24(30-25)16-10-11-21(35-3)27-14-16/h5-15H,1-4H3,(H,29,30,31). The molecule has 2 aromatic carbocycles. The molecule has 1 N–H and O–H groups in total. The van der Waals surface area contributed by atoms with Crippen molar-refractivity contribution in [3.05, 3.63) is 67.1 Å². The number of hydrogen-bond acceptors (Lipinski definition) is 9. The summed E-state index contributed by atoms with van der Waals surface area (Å²) in [6.07, 6.45) is 3.40. The molecule has 0 aliphatic carbocycles. The highest BCUT2D eigenvalue weighted by Gasteiger charge is 2.18. The van der Waals surface area contributed by atoms with Gasteiger partial charge in [0.1, 0.15) is 6.33 Å². The molecule has 0 saturated heterocycles. The van der Waals surface area contributed by atoms with Gasteiger partial charge in [-0.15, -0.1) is 0 Å². The van der Waals surface area contributed by atoms with Crippen LogP contribution >= 0.6 is 0 Å². The van der Waals surface area contributed by atoms with Crippen LogP contribution in [0.3, 0.4) is 0 Å². The molecule has 0 saturated carbocycles. The second kappa shape index (κ2) is 9.79. The normalized spacial score (nSPS) is 10.8. The molecule has 0 unspecified atom stereocenters. The molecule has 0 aliphatic heterocycles. The third kappa shape index (κ3) is 4.20. The Morgan fingerprint density at radius 1 is 0.778 bits per heavy atom. The number of nitrogens with zero attached hydrogens (tertiary/aromatic N) is 5. The van der Waals surface area contributed by atoms with Crippen LogP contribution in [0.25, 0.3) is 28.2 Å². The molecule has 10 heteroatoms. The van der Waals surface area contributed by atoms with Gasteiger partial charge in [-0.2, -0.15) is 0 Å². The van der Waals surface area contributed by atoms with Crippen LogP contribution in [0.15, 0.2) is 67.1 Å². The summed E-state index contributed by atoms with van der Waals surface area (Å²) in [5.74, 6) is 3.01. The highest BCUT2D eigenvalue weighted by molar-refractivity contribution is 5.88. The zero-order valence-corrected chi connectivity index (χ0v) is 20.2. The topological polar surface area (TPSA) is 105 Å². The van der Waals surface area contributed by atoms with Gasteiger partial charge in [0.15, 0.2) is 34.3 Å². The van der Waals surface area contributed by atoms with E-state index in [2.05, 4.69) is 15.3 Å². The highest BCUT2D eigenvalue weighted by atomic mass is 16.5. The predicted octanol–water partition coefficient (Wildman–Crippen LogP) is 4.66. The third-order valence-electron chi connectivity index (χ3n) is 5.56. The largest absolute Gasteiger partial charge is 0.493 e. The molecule has 0 spiro atoms. The zero-order valence-electron chi connectivity index (χ0n) is 20.2. The van der Waals surface area contributed by atoms with Gasteiger partial charge in [0.25, 0.3) is 0 Å². The molecule has 182 valence electrons. The van der Waals surface area contributed by atoms with Crippen molar-refractivity contribution in [3.63, 3.8) is 0 Å². The maximum atomic E-state index is 5.50. The highest BCUT2D eigenvalue weighted by Crippen LogP contribution is 2.41. The van der Waals surface area contributed by atoms with Crippen LogP contribution in [0, 0.1) is 0 Å². The molecule has 36 heavy (non-hydrogen) atoms. The minimum absolute atomic E-state index is 0.477. The van der Waals surface area contributed by atoms with Gasteiger partial charge < -0.3 is 24.3 Å². The maximum Gasteiger partial charge on any atom is 0.212 e. The third-order valence-corrected chi connectivity index (χ3v) is 5.56. The van der Waals surface area contributed by atoms with Crippen LogP contribution in [0.4, 0.5) is 11.5 Å². The van der Waals surface area contributed by atoms with Crippen molar-refractivity contribution in [1.82, 2.24) is 24.5 Å². The number of hydrogen-bond donors (Lipinski definition) is 1. The van der Waals surface area contributed by atoms with Crippen molar-refractivity contribution in [1.29, 1.82) is 0 Å². The number of methoxy groups -OCH3 is 4. The number of nitrogens with one attached hydrogen (secondary N) is 1. The van der Waals surface area contributed by atoms with E-state index in [0.29, 0.717) is 51.6 Å². The number of fused-ring (bicyclic) bond motifs is 1. The van der Waals surface area contributed by atoms with E-state index in [-0.39, 0.29) is 0 Å². The van der Waals surface area contributed by atoms with Crippen molar-refractivity contribution >= 4 is 22.7 Å². The van der Waals surface area contributed by atoms with Gasteiger partial charge in [-0.05, 0) is 18.2 Å². The Hall–Kier alpha value is -4.86. The number of pyridine rings is 1. The Kier molecular flexibility index (Phi) is 6.23. The summed E-state index contributed by atoms with van der Waals surface area (Å²) in [7, 11) is 6.27. The average molecular weight is 485 g/mol. The smallest absolute Gasteiger partial charge is 0.212 e. The molecule has 10 nitrogen and oxygen atoms in total. The van der Waals surface area contributed by atoms with Gasteiger partial charge in [0, 0.05) is 41.3 Å². The summed E-state index contributed by atoms with van der Waals surface area (Å²) in [5, 5.41) is 3.36. The Bertz CT molecular complexity index is 1480. The van der Waals surface area contributed by atoms with Crippen LogP contribution in [0.1, 0.15) is 0 Å². The van der Waals surface area contributed by atoms with Gasteiger partial charge in [-0.1, -0.05) is 18.2 Å². The van der Waals surface area contributed by atoms with E-state index in [1.807, 2.05) is 41.0 Å². The zero-order chi connectivity index (χ0) is 25.1. The van der Waals surface area contributed by atoms with Crippen LogP contribution in [-0.2, 0) is 0 Å². The number of rotatable bonds is 8. The van der Waals surface area contributed by atoms with Gasteiger partial charge in [0.2, 0.25) is 11.6 Å². The van der Waals surface area contributed by atoms with Crippen LogP contribution in [-0.4, -0.2) is 52.9 Å². The van der Waals surface area contributed by atoms with Crippen LogP contribution < -0.4 is 24.3 Å². The quantitative estimate of drug-likeness (QED) is 0.337. The lowest BCUT2D eigenvalue weighted by atomic mass is 10.2. The monoisotopic (exact) mass is 484 g/mol. The van der Waals surface area contributed by atoms with Crippen LogP contribution in [0.5, 0.6) is 23.1 Å². The summed E-state index contributed by atoms with van der Waals surface area (Å²) in [4.78, 5) is 18.6. The maximum absolute atomic E-state index is 5.50. The minimum Gasteiger partial charge on any atom is -0.493 e. The number of imidazole rings is 1. The summed E-state index contributed by atoms with van der Waals surface area (Å²) >= 11 is 0. The average Bonchev–Trinajstić information content (AvgIpc) is 3.37. The first kappa shape index (κ1) is 22.9. The Morgan fingerprint density at radius 2 is 1.53 bits per heavy atom. The fourth-order valence-electron chi connectivity index (χ4n) is 3.82. The molecule has 5 rings (SSSR count). The fraction of sp³-hybridized carbons (Fsp3) is 0.154. The molecular weight excluding hydrogens is 460 g/mol. The molecule has 5 aromatic rings. The van der Waals surface area contributed by atoms with Crippen LogP contribution in [0.2, 0.25) is 0 Å². The van der Waals surface area contributed by atoms with Gasteiger partial charge in [-0.3, -0.25) is 4.57 Å². The fourth-order valence-corrected chi connectivity index (χ4v) is 3.82. The number of ether oxygens (including phenoxy) is 4. The van der Waals surface area contributed by atoms with Crippen molar-refractivity contribution in [2.24, 2.45) is 0 Å². The first-order valence-corrected chi connectivity index (χ1v) is 11.0. The van der Waals surface area contributed by atoms with Gasteiger partial charge >= 0.3 is 0 Å². The predicted molar refractivity (Wildman–Crippen MR) is 136 cm³/mol. The van der Waals surface area contributed by atoms with E-state index in [9.17, 15) is 0 Å². The summed E-state index contributed by atoms with van der Waals surface area (Å²) in [6.45, 7) is 0. The minimum atomic E-state index is 0.477. The molecule has 0 amide bonds. The molecule has 0 bridgehead atoms. The molecule has 0 radical (unpaired) electrons. The molecular formula is C26H24N6O4. The second-order valence-corrected chi connectivity index (χ2v) is 7.65.